The van der Waals surface area contributed by atoms with Crippen molar-refractivity contribution in [1.82, 2.24) is 0 Å². The van der Waals surface area contributed by atoms with Gasteiger partial charge in [-0.1, -0.05) is 112 Å². The minimum atomic E-state index is -0.0418. The van der Waals surface area contributed by atoms with Crippen molar-refractivity contribution >= 4 is 11.4 Å². The van der Waals surface area contributed by atoms with Crippen LogP contribution in [0.2, 0.25) is 0 Å². The number of hydrogen-bond acceptors (Lipinski definition) is 1. The number of allylic oxidation sites excluding steroid dienone is 11. The average Bonchev–Trinajstić information content (AvgIpc) is 3.23. The molecule has 0 saturated heterocycles. The lowest BCUT2D eigenvalue weighted by Gasteiger charge is -2.30. The molecule has 3 aliphatic carbocycles. The van der Waals surface area contributed by atoms with Crippen LogP contribution in [-0.4, -0.2) is 0 Å². The molecular formula is C40H41N. The molecule has 41 heavy (non-hydrogen) atoms. The van der Waals surface area contributed by atoms with Gasteiger partial charge in [0.05, 0.1) is 0 Å². The molecule has 0 saturated carbocycles. The van der Waals surface area contributed by atoms with Gasteiger partial charge in [-0.05, 0) is 102 Å². The van der Waals surface area contributed by atoms with E-state index in [0.29, 0.717) is 5.92 Å². The van der Waals surface area contributed by atoms with E-state index in [2.05, 4.69) is 142 Å². The van der Waals surface area contributed by atoms with E-state index < -0.39 is 0 Å². The highest BCUT2D eigenvalue weighted by molar-refractivity contribution is 5.84. The Morgan fingerprint density at radius 1 is 0.878 bits per heavy atom. The Labute approximate surface area is 246 Å². The van der Waals surface area contributed by atoms with Crippen LogP contribution in [0.15, 0.2) is 133 Å². The van der Waals surface area contributed by atoms with Crippen molar-refractivity contribution in [1.29, 1.82) is 0 Å². The minimum absolute atomic E-state index is 0.0418. The summed E-state index contributed by atoms with van der Waals surface area (Å²) >= 11 is 0. The number of anilines is 2. The standard InChI is InChI=1S/C40H41N/c1-6-11-33(7-2)41(35-23-25-37-36-24-14-28(3)26-38(36)40(4,5)39(37)27-35)34-21-19-32(20-22-34)31-17-15-30(16-18-31)29-12-9-8-10-13-29/h6,9,11-17,19-27,31H,1,7-8,10,18H2,2-5H3/b33-11+. The lowest BCUT2D eigenvalue weighted by atomic mass is 9.82. The maximum Gasteiger partial charge on any atom is 0.0461 e. The molecule has 3 aromatic rings. The van der Waals surface area contributed by atoms with Gasteiger partial charge < -0.3 is 4.90 Å². The van der Waals surface area contributed by atoms with Crippen molar-refractivity contribution < 1.29 is 0 Å². The summed E-state index contributed by atoms with van der Waals surface area (Å²) in [6.07, 6.45) is 22.3. The van der Waals surface area contributed by atoms with Crippen LogP contribution in [0, 0.1) is 6.92 Å². The summed E-state index contributed by atoms with van der Waals surface area (Å²) in [6.45, 7) is 13.2. The second-order valence-corrected chi connectivity index (χ2v) is 12.1. The molecule has 0 N–H and O–H groups in total. The van der Waals surface area contributed by atoms with Crippen molar-refractivity contribution in [3.05, 3.63) is 155 Å². The third-order valence-electron chi connectivity index (χ3n) is 9.04. The van der Waals surface area contributed by atoms with Gasteiger partial charge in [0, 0.05) is 28.4 Å². The number of nitrogens with zero attached hydrogens (tertiary/aromatic N) is 1. The van der Waals surface area contributed by atoms with E-state index in [0.717, 1.165) is 25.7 Å². The minimum Gasteiger partial charge on any atom is -0.314 e. The molecule has 206 valence electrons. The van der Waals surface area contributed by atoms with Gasteiger partial charge in [-0.2, -0.15) is 0 Å². The largest absolute Gasteiger partial charge is 0.314 e. The van der Waals surface area contributed by atoms with E-state index in [4.69, 9.17) is 0 Å². The smallest absolute Gasteiger partial charge is 0.0461 e. The molecule has 0 bridgehead atoms. The van der Waals surface area contributed by atoms with E-state index in [1.807, 2.05) is 6.08 Å². The van der Waals surface area contributed by atoms with Gasteiger partial charge in [0.15, 0.2) is 0 Å². The zero-order valence-corrected chi connectivity index (χ0v) is 25.0. The Bertz CT molecular complexity index is 1630. The van der Waals surface area contributed by atoms with Crippen molar-refractivity contribution in [2.24, 2.45) is 0 Å². The highest BCUT2D eigenvalue weighted by atomic mass is 15.1. The van der Waals surface area contributed by atoms with Crippen molar-refractivity contribution in [2.45, 2.75) is 64.7 Å². The molecule has 0 aromatic heterocycles. The number of aryl methyl sites for hydroxylation is 1. The molecule has 1 atom stereocenters. The molecule has 1 unspecified atom stereocenters. The first-order valence-corrected chi connectivity index (χ1v) is 15.1. The molecule has 1 heteroatoms. The van der Waals surface area contributed by atoms with Crippen LogP contribution in [0.1, 0.15) is 74.6 Å². The highest BCUT2D eigenvalue weighted by Gasteiger charge is 2.36. The maximum atomic E-state index is 4.03. The van der Waals surface area contributed by atoms with E-state index in [1.54, 1.807) is 0 Å². The second-order valence-electron chi connectivity index (χ2n) is 12.1. The SMILES string of the molecule is C=C/C=C(\CC)N(c1ccc(C2C=CC(C3=CCCC=C3)=CC2)cc1)c1ccc2c(c1)C(C)(C)c1cc(C)ccc1-2. The lowest BCUT2D eigenvalue weighted by molar-refractivity contribution is 0.659. The Hall–Kier alpha value is -4.10. The quantitative estimate of drug-likeness (QED) is 0.272. The summed E-state index contributed by atoms with van der Waals surface area (Å²) in [5.41, 5.74) is 14.5. The molecular weight excluding hydrogens is 494 g/mol. The topological polar surface area (TPSA) is 3.24 Å². The molecule has 0 heterocycles. The molecule has 1 nitrogen and oxygen atoms in total. The van der Waals surface area contributed by atoms with Crippen molar-refractivity contribution in [3.63, 3.8) is 0 Å². The van der Waals surface area contributed by atoms with Gasteiger partial charge in [0.2, 0.25) is 0 Å². The first-order valence-electron chi connectivity index (χ1n) is 15.1. The Morgan fingerprint density at radius 2 is 1.59 bits per heavy atom. The average molecular weight is 536 g/mol. The summed E-state index contributed by atoms with van der Waals surface area (Å²) in [7, 11) is 0. The van der Waals surface area contributed by atoms with E-state index in [9.17, 15) is 0 Å². The predicted octanol–water partition coefficient (Wildman–Crippen LogP) is 11.2. The van der Waals surface area contributed by atoms with E-state index in [-0.39, 0.29) is 5.41 Å². The monoisotopic (exact) mass is 535 g/mol. The van der Waals surface area contributed by atoms with Crippen LogP contribution in [0.3, 0.4) is 0 Å². The third-order valence-corrected chi connectivity index (χ3v) is 9.04. The number of hydrogen-bond donors (Lipinski definition) is 0. The van der Waals surface area contributed by atoms with Crippen LogP contribution in [0.25, 0.3) is 11.1 Å². The molecule has 0 spiro atoms. The summed E-state index contributed by atoms with van der Waals surface area (Å²) < 4.78 is 0. The zero-order chi connectivity index (χ0) is 28.6. The second kappa shape index (κ2) is 11.1. The first-order chi connectivity index (χ1) is 19.9. The molecule has 3 aromatic carbocycles. The Kier molecular flexibility index (Phi) is 7.30. The van der Waals surface area contributed by atoms with Crippen LogP contribution < -0.4 is 4.90 Å². The zero-order valence-electron chi connectivity index (χ0n) is 25.0. The molecule has 0 radical (unpaired) electrons. The fourth-order valence-electron chi connectivity index (χ4n) is 6.73. The summed E-state index contributed by atoms with van der Waals surface area (Å²) in [6, 6.07) is 23.1. The fraction of sp³-hybridized carbons (Fsp3) is 0.250. The third kappa shape index (κ3) is 4.99. The fourth-order valence-corrected chi connectivity index (χ4v) is 6.73. The van der Waals surface area contributed by atoms with Gasteiger partial charge >= 0.3 is 0 Å². The van der Waals surface area contributed by atoms with Crippen molar-refractivity contribution in [3.8, 4) is 11.1 Å². The van der Waals surface area contributed by atoms with Gasteiger partial charge in [0.1, 0.15) is 0 Å². The summed E-state index contributed by atoms with van der Waals surface area (Å²) in [5, 5.41) is 0. The molecule has 0 aliphatic heterocycles. The number of benzene rings is 3. The molecule has 3 aliphatic rings. The van der Waals surface area contributed by atoms with Crippen LogP contribution in [0.5, 0.6) is 0 Å². The number of fused-ring (bicyclic) bond motifs is 3. The van der Waals surface area contributed by atoms with Gasteiger partial charge in [0.25, 0.3) is 0 Å². The van der Waals surface area contributed by atoms with Gasteiger partial charge in [-0.15, -0.1) is 0 Å². The van der Waals surface area contributed by atoms with Crippen LogP contribution in [-0.2, 0) is 5.41 Å². The van der Waals surface area contributed by atoms with Gasteiger partial charge in [-0.3, -0.25) is 0 Å². The van der Waals surface area contributed by atoms with Crippen molar-refractivity contribution in [2.75, 3.05) is 4.90 Å². The van der Waals surface area contributed by atoms with Crippen LogP contribution in [0.4, 0.5) is 11.4 Å². The Balaban J connectivity index is 1.32. The van der Waals surface area contributed by atoms with Crippen LogP contribution >= 0.6 is 0 Å². The maximum absolute atomic E-state index is 4.03. The Morgan fingerprint density at radius 3 is 2.24 bits per heavy atom. The summed E-state index contributed by atoms with van der Waals surface area (Å²) in [4.78, 5) is 2.41. The number of rotatable bonds is 7. The predicted molar refractivity (Wildman–Crippen MR) is 177 cm³/mol. The normalized spacial score (nSPS) is 18.8. The molecule has 0 amide bonds. The summed E-state index contributed by atoms with van der Waals surface area (Å²) in [5.74, 6) is 0.409. The first kappa shape index (κ1) is 27.1. The van der Waals surface area contributed by atoms with Gasteiger partial charge in [-0.25, -0.2) is 0 Å². The van der Waals surface area contributed by atoms with E-state index in [1.165, 1.54) is 61.6 Å². The molecule has 0 fully saturated rings. The molecule has 6 rings (SSSR count). The lowest BCUT2D eigenvalue weighted by Crippen LogP contribution is -2.19. The van der Waals surface area contributed by atoms with E-state index >= 15 is 0 Å². The highest BCUT2D eigenvalue weighted by Crippen LogP contribution is 2.50.